The molecule has 0 bridgehead atoms. The van der Waals surface area contributed by atoms with E-state index in [4.69, 9.17) is 14.7 Å². The van der Waals surface area contributed by atoms with Crippen molar-refractivity contribution in [3.05, 3.63) is 64.0 Å². The molecule has 0 amide bonds. The summed E-state index contributed by atoms with van der Waals surface area (Å²) in [6.45, 7) is 3.45. The topological polar surface area (TPSA) is 156 Å². The van der Waals surface area contributed by atoms with Crippen molar-refractivity contribution in [1.29, 1.82) is 5.26 Å². The lowest BCUT2D eigenvalue weighted by Crippen LogP contribution is -2.38. The number of rotatable bonds is 9. The van der Waals surface area contributed by atoms with Gasteiger partial charge in [-0.3, -0.25) is 15.0 Å². The highest BCUT2D eigenvalue weighted by Crippen LogP contribution is 2.30. The molecule has 3 aromatic rings. The van der Waals surface area contributed by atoms with Crippen molar-refractivity contribution >= 4 is 39.8 Å². The second kappa shape index (κ2) is 12.0. The molecule has 0 aliphatic carbocycles. The van der Waals surface area contributed by atoms with E-state index in [1.165, 1.54) is 36.1 Å². The highest BCUT2D eigenvalue weighted by molar-refractivity contribution is 7.89. The Labute approximate surface area is 219 Å². The van der Waals surface area contributed by atoms with Crippen LogP contribution < -0.4 is 4.74 Å². The number of non-ortho nitro benzene ring substituents is 1. The molecule has 37 heavy (non-hydrogen) atoms. The van der Waals surface area contributed by atoms with E-state index in [2.05, 4.69) is 15.1 Å². The van der Waals surface area contributed by atoms with Crippen LogP contribution in [0, 0.1) is 21.4 Å². The first-order valence-corrected chi connectivity index (χ1v) is 12.4. The summed E-state index contributed by atoms with van der Waals surface area (Å²) in [5.41, 5.74) is 1.06. The van der Waals surface area contributed by atoms with Gasteiger partial charge in [0, 0.05) is 50.6 Å². The van der Waals surface area contributed by atoms with E-state index in [0.29, 0.717) is 40.8 Å². The summed E-state index contributed by atoms with van der Waals surface area (Å²) < 4.78 is 40.0. The molecule has 1 aliphatic heterocycles. The quantitative estimate of drug-likeness (QED) is 0.221. The van der Waals surface area contributed by atoms with Crippen LogP contribution in [0.4, 0.5) is 5.69 Å². The standard InChI is InChI=1S/C22H23N7O6S.ClH/c1-26(24-15-18-16-25-28-5-4-17(14-23)12-20(18)28)36(32,33)22-13-19(29(30)31)2-3-21(22)35-11-8-27-6-9-34-10-7-27;/h2-5,12-13,15-16H,6-11H2,1H3;1H. The van der Waals surface area contributed by atoms with Crippen molar-refractivity contribution in [2.24, 2.45) is 5.10 Å². The maximum Gasteiger partial charge on any atom is 0.282 e. The van der Waals surface area contributed by atoms with Gasteiger partial charge in [0.1, 0.15) is 17.3 Å². The van der Waals surface area contributed by atoms with Crippen molar-refractivity contribution < 1.29 is 22.8 Å². The summed E-state index contributed by atoms with van der Waals surface area (Å²) in [5, 5.41) is 28.6. The Morgan fingerprint density at radius 3 is 2.78 bits per heavy atom. The Hall–Kier alpha value is -3.77. The van der Waals surface area contributed by atoms with Crippen LogP contribution in [0.15, 0.2) is 52.7 Å². The molecule has 3 heterocycles. The molecule has 0 spiro atoms. The fourth-order valence-corrected chi connectivity index (χ4v) is 4.66. The molecule has 2 aromatic heterocycles. The normalized spacial score (nSPS) is 14.3. The van der Waals surface area contributed by atoms with Crippen molar-refractivity contribution in [3.63, 3.8) is 0 Å². The van der Waals surface area contributed by atoms with Crippen LogP contribution in [0.3, 0.4) is 0 Å². The summed E-state index contributed by atoms with van der Waals surface area (Å²) in [5.74, 6) is -0.00875. The van der Waals surface area contributed by atoms with Crippen LogP contribution in [0.5, 0.6) is 5.75 Å². The van der Waals surface area contributed by atoms with Gasteiger partial charge in [-0.05, 0) is 18.2 Å². The Kier molecular flexibility index (Phi) is 9.00. The third-order valence-electron chi connectivity index (χ3n) is 5.57. The number of nitrogens with zero attached hydrogens (tertiary/aromatic N) is 7. The lowest BCUT2D eigenvalue weighted by atomic mass is 10.2. The van der Waals surface area contributed by atoms with E-state index in [0.717, 1.165) is 19.2 Å². The van der Waals surface area contributed by atoms with Crippen LogP contribution in [-0.4, -0.2) is 85.0 Å². The number of ether oxygens (including phenoxy) is 2. The number of aromatic nitrogens is 2. The molecule has 4 rings (SSSR count). The largest absolute Gasteiger partial charge is 0.491 e. The molecule has 13 nitrogen and oxygen atoms in total. The van der Waals surface area contributed by atoms with Crippen molar-refractivity contribution in [2.45, 2.75) is 4.90 Å². The summed E-state index contributed by atoms with van der Waals surface area (Å²) in [6, 6.07) is 8.66. The summed E-state index contributed by atoms with van der Waals surface area (Å²) in [6.07, 6.45) is 4.38. The van der Waals surface area contributed by atoms with Gasteiger partial charge in [-0.2, -0.15) is 28.3 Å². The molecule has 0 unspecified atom stereocenters. The number of benzene rings is 1. The Morgan fingerprint density at radius 2 is 2.08 bits per heavy atom. The van der Waals surface area contributed by atoms with Crippen molar-refractivity contribution in [2.75, 3.05) is 46.5 Å². The van der Waals surface area contributed by atoms with Gasteiger partial charge in [-0.15, -0.1) is 12.4 Å². The van der Waals surface area contributed by atoms with Gasteiger partial charge in [-0.25, -0.2) is 4.52 Å². The van der Waals surface area contributed by atoms with Gasteiger partial charge in [0.2, 0.25) is 0 Å². The van der Waals surface area contributed by atoms with Crippen LogP contribution in [0.2, 0.25) is 0 Å². The lowest BCUT2D eigenvalue weighted by molar-refractivity contribution is -0.385. The summed E-state index contributed by atoms with van der Waals surface area (Å²) >= 11 is 0. The lowest BCUT2D eigenvalue weighted by Gasteiger charge is -2.26. The van der Waals surface area contributed by atoms with Gasteiger partial charge in [0.25, 0.3) is 15.7 Å². The average molecular weight is 550 g/mol. The second-order valence-corrected chi connectivity index (χ2v) is 9.75. The monoisotopic (exact) mass is 549 g/mol. The highest BCUT2D eigenvalue weighted by atomic mass is 35.5. The van der Waals surface area contributed by atoms with Crippen LogP contribution in [0.1, 0.15) is 11.1 Å². The fourth-order valence-electron chi connectivity index (χ4n) is 3.56. The van der Waals surface area contributed by atoms with Crippen LogP contribution in [0.25, 0.3) is 5.52 Å². The predicted molar refractivity (Wildman–Crippen MR) is 136 cm³/mol. The molecule has 196 valence electrons. The van der Waals surface area contributed by atoms with Gasteiger partial charge in [0.05, 0.1) is 47.7 Å². The zero-order valence-corrected chi connectivity index (χ0v) is 21.4. The first-order valence-electron chi connectivity index (χ1n) is 10.9. The third-order valence-corrected chi connectivity index (χ3v) is 7.24. The molecule has 0 radical (unpaired) electrons. The number of sulfonamides is 1. The minimum absolute atomic E-state index is 0. The number of nitriles is 1. The second-order valence-electron chi connectivity index (χ2n) is 7.83. The number of fused-ring (bicyclic) bond motifs is 1. The maximum atomic E-state index is 13.3. The number of pyridine rings is 1. The number of hydrazone groups is 1. The van der Waals surface area contributed by atoms with Crippen LogP contribution >= 0.6 is 12.4 Å². The highest BCUT2D eigenvalue weighted by Gasteiger charge is 2.27. The van der Waals surface area contributed by atoms with Crippen molar-refractivity contribution in [3.8, 4) is 11.8 Å². The van der Waals surface area contributed by atoms with Gasteiger partial charge in [-0.1, -0.05) is 0 Å². The molecule has 1 aromatic carbocycles. The number of halogens is 1. The molecular formula is C22H24ClN7O6S. The molecular weight excluding hydrogens is 526 g/mol. The number of hydrogen-bond acceptors (Lipinski definition) is 10. The van der Waals surface area contributed by atoms with Gasteiger partial charge in [0.15, 0.2) is 0 Å². The fraction of sp³-hybridized carbons (Fsp3) is 0.318. The first-order chi connectivity index (χ1) is 17.3. The molecule has 1 fully saturated rings. The molecule has 0 atom stereocenters. The Balaban J connectivity index is 0.00000380. The molecule has 1 aliphatic rings. The van der Waals surface area contributed by atoms with Crippen LogP contribution in [-0.2, 0) is 14.8 Å². The van der Waals surface area contributed by atoms with E-state index in [1.807, 2.05) is 6.07 Å². The number of hydrogen-bond donors (Lipinski definition) is 0. The van der Waals surface area contributed by atoms with Crippen molar-refractivity contribution in [1.82, 2.24) is 18.9 Å². The van der Waals surface area contributed by atoms with E-state index in [9.17, 15) is 18.5 Å². The first kappa shape index (κ1) is 27.8. The summed E-state index contributed by atoms with van der Waals surface area (Å²) in [7, 11) is -3.09. The Morgan fingerprint density at radius 1 is 1.32 bits per heavy atom. The zero-order chi connectivity index (χ0) is 25.7. The van der Waals surface area contributed by atoms with E-state index in [1.54, 1.807) is 18.3 Å². The molecule has 1 saturated heterocycles. The van der Waals surface area contributed by atoms with E-state index >= 15 is 0 Å². The molecule has 0 saturated carbocycles. The molecule has 0 N–H and O–H groups in total. The number of morpholine rings is 1. The third kappa shape index (κ3) is 6.33. The smallest absolute Gasteiger partial charge is 0.282 e. The minimum atomic E-state index is -4.31. The SMILES string of the molecule is CN(N=Cc1cnn2ccc(C#N)cc12)S(=O)(=O)c1cc([N+](=O)[O-])ccc1OCCN1CCOCC1.Cl. The number of nitro groups is 1. The average Bonchev–Trinajstić information content (AvgIpc) is 3.29. The van der Waals surface area contributed by atoms with E-state index in [-0.39, 0.29) is 29.7 Å². The van der Waals surface area contributed by atoms with Gasteiger partial charge < -0.3 is 9.47 Å². The zero-order valence-electron chi connectivity index (χ0n) is 19.8. The maximum absolute atomic E-state index is 13.3. The minimum Gasteiger partial charge on any atom is -0.491 e. The van der Waals surface area contributed by atoms with Gasteiger partial charge >= 0.3 is 0 Å². The van der Waals surface area contributed by atoms with E-state index < -0.39 is 20.6 Å². The Bertz CT molecular complexity index is 1450. The molecule has 15 heteroatoms. The number of nitro benzene ring substituents is 1. The predicted octanol–water partition coefficient (Wildman–Crippen LogP) is 1.90. The summed E-state index contributed by atoms with van der Waals surface area (Å²) in [4.78, 5) is 12.4.